The Morgan fingerprint density at radius 1 is 1.36 bits per heavy atom. The summed E-state index contributed by atoms with van der Waals surface area (Å²) in [6, 6.07) is 0. The van der Waals surface area contributed by atoms with Crippen molar-refractivity contribution in [3.63, 3.8) is 0 Å². The molecule has 4 nitrogen and oxygen atoms in total. The zero-order valence-electron chi connectivity index (χ0n) is 6.20. The fourth-order valence-electron chi connectivity index (χ4n) is 0.521. The average molecular weight is 158 g/mol. The Hall–Kier alpha value is -1.32. The predicted octanol–water partition coefficient (Wildman–Crippen LogP) is 0.882. The number of aliphatic carboxylic acids is 1. The first-order chi connectivity index (χ1) is 5.06. The van der Waals surface area contributed by atoms with E-state index in [1.165, 1.54) is 0 Å². The molecule has 0 aromatic carbocycles. The molecule has 0 aliphatic heterocycles. The Morgan fingerprint density at radius 3 is 2.27 bits per heavy atom. The zero-order valence-corrected chi connectivity index (χ0v) is 6.20. The number of carbonyl (C=O) groups excluding carboxylic acids is 1. The molecule has 0 aromatic heterocycles. The van der Waals surface area contributed by atoms with Crippen LogP contribution in [0.3, 0.4) is 0 Å². The van der Waals surface area contributed by atoms with Crippen LogP contribution in [0.2, 0.25) is 0 Å². The smallest absolute Gasteiger partial charge is 0.331 e. The van der Waals surface area contributed by atoms with Gasteiger partial charge in [0.25, 0.3) is 0 Å². The maximum Gasteiger partial charge on any atom is 0.331 e. The first kappa shape index (κ1) is 9.68. The lowest BCUT2D eigenvalue weighted by molar-refractivity contribution is -0.131. The third kappa shape index (κ3) is 5.14. The molecule has 0 unspecified atom stereocenters. The zero-order chi connectivity index (χ0) is 8.85. The number of aliphatic hydroxyl groups excluding tert-OH is 1. The van der Waals surface area contributed by atoms with E-state index in [0.717, 1.165) is 0 Å². The summed E-state index contributed by atoms with van der Waals surface area (Å²) in [5.41, 5.74) is 0. The molecule has 4 heteroatoms. The Kier molecular flexibility index (Phi) is 3.95. The molecule has 2 N–H and O–H groups in total. The van der Waals surface area contributed by atoms with Crippen LogP contribution in [-0.2, 0) is 9.59 Å². The highest BCUT2D eigenvalue weighted by molar-refractivity contribution is 5.84. The van der Waals surface area contributed by atoms with Gasteiger partial charge in [-0.25, -0.2) is 4.79 Å². The summed E-state index contributed by atoms with van der Waals surface area (Å²) in [7, 11) is 0. The molecule has 0 aliphatic carbocycles. The number of allylic oxidation sites excluding steroid dienone is 1. The molecule has 0 aliphatic rings. The van der Waals surface area contributed by atoms with Crippen LogP contribution in [0.15, 0.2) is 11.8 Å². The van der Waals surface area contributed by atoms with Gasteiger partial charge in [-0.3, -0.25) is 4.79 Å². The first-order valence-electron chi connectivity index (χ1n) is 3.20. The second-order valence-corrected chi connectivity index (χ2v) is 2.04. The van der Waals surface area contributed by atoms with E-state index in [9.17, 15) is 9.59 Å². The van der Waals surface area contributed by atoms with E-state index >= 15 is 0 Å². The highest BCUT2D eigenvalue weighted by Gasteiger charge is 2.03. The van der Waals surface area contributed by atoms with Crippen molar-refractivity contribution in [2.24, 2.45) is 0 Å². The number of ketones is 1. The third-order valence-corrected chi connectivity index (χ3v) is 1.06. The van der Waals surface area contributed by atoms with E-state index < -0.39 is 11.7 Å². The number of rotatable bonds is 4. The van der Waals surface area contributed by atoms with Crippen LogP contribution in [0.1, 0.15) is 19.8 Å². The third-order valence-electron chi connectivity index (χ3n) is 1.06. The lowest BCUT2D eigenvalue weighted by atomic mass is 10.2. The Balaban J connectivity index is 3.96. The lowest BCUT2D eigenvalue weighted by Crippen LogP contribution is -1.99. The molecule has 0 aromatic rings. The summed E-state index contributed by atoms with van der Waals surface area (Å²) in [6.07, 6.45) is 0.730. The molecule has 0 spiro atoms. The molecule has 0 saturated heterocycles. The van der Waals surface area contributed by atoms with Crippen LogP contribution in [0.5, 0.6) is 0 Å². The monoisotopic (exact) mass is 158 g/mol. The van der Waals surface area contributed by atoms with E-state index in [4.69, 9.17) is 10.2 Å². The molecule has 0 rings (SSSR count). The number of aliphatic hydroxyl groups is 1. The molecule has 0 atom stereocenters. The van der Waals surface area contributed by atoms with Crippen LogP contribution in [0.4, 0.5) is 0 Å². The second-order valence-electron chi connectivity index (χ2n) is 2.04. The predicted molar refractivity (Wildman–Crippen MR) is 38.3 cm³/mol. The van der Waals surface area contributed by atoms with Gasteiger partial charge < -0.3 is 10.2 Å². The second kappa shape index (κ2) is 4.49. The molecule has 0 bridgehead atoms. The van der Waals surface area contributed by atoms with E-state index in [2.05, 4.69) is 0 Å². The average Bonchev–Trinajstić information content (AvgIpc) is 1.85. The summed E-state index contributed by atoms with van der Waals surface area (Å²) >= 11 is 0. The summed E-state index contributed by atoms with van der Waals surface area (Å²) < 4.78 is 0. The standard InChI is InChI=1S/C7H10O4/c1-2-5(8)3-6(9)4-7(10)11/h4,9H,2-3H2,1H3,(H,10,11)/b6-4-. The lowest BCUT2D eigenvalue weighted by Gasteiger charge is -1.94. The topological polar surface area (TPSA) is 74.6 Å². The van der Waals surface area contributed by atoms with Gasteiger partial charge in [-0.2, -0.15) is 0 Å². The fourth-order valence-corrected chi connectivity index (χ4v) is 0.521. The largest absolute Gasteiger partial charge is 0.512 e. The highest BCUT2D eigenvalue weighted by Crippen LogP contribution is 1.99. The van der Waals surface area contributed by atoms with Crippen molar-refractivity contribution in [1.82, 2.24) is 0 Å². The molecular weight excluding hydrogens is 148 g/mol. The van der Waals surface area contributed by atoms with Crippen molar-refractivity contribution >= 4 is 11.8 Å². The van der Waals surface area contributed by atoms with Crippen molar-refractivity contribution in [3.8, 4) is 0 Å². The van der Waals surface area contributed by atoms with Crippen molar-refractivity contribution in [2.45, 2.75) is 19.8 Å². The molecule has 0 saturated carbocycles. The number of carboxylic acids is 1. The van der Waals surface area contributed by atoms with Crippen molar-refractivity contribution < 1.29 is 19.8 Å². The van der Waals surface area contributed by atoms with E-state index in [1.807, 2.05) is 0 Å². The van der Waals surface area contributed by atoms with Gasteiger partial charge in [0.2, 0.25) is 0 Å². The normalized spacial score (nSPS) is 11.2. The van der Waals surface area contributed by atoms with Gasteiger partial charge in [-0.05, 0) is 0 Å². The number of carboxylic acid groups (broad SMARTS) is 1. The van der Waals surface area contributed by atoms with Gasteiger partial charge >= 0.3 is 5.97 Å². The van der Waals surface area contributed by atoms with Crippen molar-refractivity contribution in [1.29, 1.82) is 0 Å². The maximum absolute atomic E-state index is 10.6. The van der Waals surface area contributed by atoms with Gasteiger partial charge in [0.05, 0.1) is 12.5 Å². The minimum Gasteiger partial charge on any atom is -0.512 e. The quantitative estimate of drug-likeness (QED) is 0.470. The van der Waals surface area contributed by atoms with E-state index in [0.29, 0.717) is 12.5 Å². The van der Waals surface area contributed by atoms with E-state index in [-0.39, 0.29) is 12.2 Å². The van der Waals surface area contributed by atoms with Crippen LogP contribution in [-0.4, -0.2) is 22.0 Å². The summed E-state index contributed by atoms with van der Waals surface area (Å²) in [6.45, 7) is 1.65. The van der Waals surface area contributed by atoms with Crippen LogP contribution in [0.25, 0.3) is 0 Å². The Labute approximate surface area is 64.2 Å². The van der Waals surface area contributed by atoms with Gasteiger partial charge in [-0.15, -0.1) is 0 Å². The Bertz CT molecular complexity index is 193. The molecule has 0 amide bonds. The van der Waals surface area contributed by atoms with Crippen LogP contribution >= 0.6 is 0 Å². The van der Waals surface area contributed by atoms with Crippen LogP contribution < -0.4 is 0 Å². The minimum absolute atomic E-state index is 0.181. The summed E-state index contributed by atoms with van der Waals surface area (Å²) in [5.74, 6) is -1.82. The minimum atomic E-state index is -1.24. The van der Waals surface area contributed by atoms with E-state index in [1.54, 1.807) is 6.92 Å². The van der Waals surface area contributed by atoms with Gasteiger partial charge in [0.1, 0.15) is 11.5 Å². The SMILES string of the molecule is CCC(=O)C/C(O)=C/C(=O)O. The van der Waals surface area contributed by atoms with Crippen molar-refractivity contribution in [3.05, 3.63) is 11.8 Å². The van der Waals surface area contributed by atoms with Gasteiger partial charge in [0.15, 0.2) is 0 Å². The number of carbonyl (C=O) groups is 2. The fraction of sp³-hybridized carbons (Fsp3) is 0.429. The molecule has 62 valence electrons. The molecule has 0 heterocycles. The molecular formula is C7H10O4. The first-order valence-corrected chi connectivity index (χ1v) is 3.20. The molecule has 0 fully saturated rings. The van der Waals surface area contributed by atoms with Crippen molar-refractivity contribution in [2.75, 3.05) is 0 Å². The van der Waals surface area contributed by atoms with Crippen LogP contribution in [0, 0.1) is 0 Å². The summed E-state index contributed by atoms with van der Waals surface area (Å²) in [5, 5.41) is 16.9. The number of hydrogen-bond donors (Lipinski definition) is 2. The van der Waals surface area contributed by atoms with Gasteiger partial charge in [0, 0.05) is 6.42 Å². The maximum atomic E-state index is 10.6. The van der Waals surface area contributed by atoms with Gasteiger partial charge in [-0.1, -0.05) is 6.92 Å². The molecule has 0 radical (unpaired) electrons. The highest BCUT2D eigenvalue weighted by atomic mass is 16.4. The number of hydrogen-bond acceptors (Lipinski definition) is 3. The Morgan fingerprint density at radius 2 is 1.91 bits per heavy atom. The number of Topliss-reactive ketones (excluding diaryl/α,β-unsaturated/α-hetero) is 1. The molecule has 11 heavy (non-hydrogen) atoms. The summed E-state index contributed by atoms with van der Waals surface area (Å²) in [4.78, 5) is 20.5.